The third-order valence-electron chi connectivity index (χ3n) is 3.41. The first-order valence-electron chi connectivity index (χ1n) is 6.31. The highest BCUT2D eigenvalue weighted by Gasteiger charge is 2.17. The minimum Gasteiger partial charge on any atom is -0.448 e. The van der Waals surface area contributed by atoms with Crippen molar-refractivity contribution in [3.8, 4) is 0 Å². The largest absolute Gasteiger partial charge is 0.448 e. The van der Waals surface area contributed by atoms with Crippen molar-refractivity contribution in [2.45, 2.75) is 58.3 Å². The molecule has 0 aliphatic heterocycles. The average Bonchev–Trinajstić information content (AvgIpc) is 2.68. The first-order valence-corrected chi connectivity index (χ1v) is 6.31. The van der Waals surface area contributed by atoms with Crippen molar-refractivity contribution in [3.63, 3.8) is 0 Å². The van der Waals surface area contributed by atoms with E-state index in [4.69, 9.17) is 4.42 Å². The quantitative estimate of drug-likeness (QED) is 0.751. The monoisotopic (exact) mass is 207 g/mol. The Balaban J connectivity index is 1.93. The maximum absolute atomic E-state index is 5.51. The molecule has 0 radical (unpaired) electrons. The fourth-order valence-electron chi connectivity index (χ4n) is 2.55. The average molecular weight is 207 g/mol. The Labute approximate surface area is 92.1 Å². The van der Waals surface area contributed by atoms with Crippen LogP contribution in [0, 0.1) is 5.92 Å². The molecule has 2 nitrogen and oxygen atoms in total. The van der Waals surface area contributed by atoms with E-state index in [9.17, 15) is 0 Å². The second kappa shape index (κ2) is 5.34. The summed E-state index contributed by atoms with van der Waals surface area (Å²) in [5.41, 5.74) is 1.20. The maximum Gasteiger partial charge on any atom is 0.181 e. The zero-order valence-electron chi connectivity index (χ0n) is 9.67. The Morgan fingerprint density at radius 1 is 1.33 bits per heavy atom. The third kappa shape index (κ3) is 2.83. The van der Waals surface area contributed by atoms with Crippen molar-refractivity contribution in [3.05, 3.63) is 17.8 Å². The standard InChI is InChI=1S/C13H21NO/c1-2-6-12-13(15-10-14-12)9-11-7-4-3-5-8-11/h10-11H,2-9H2,1H3. The van der Waals surface area contributed by atoms with Gasteiger partial charge in [-0.2, -0.15) is 0 Å². The predicted octanol–water partition coefficient (Wildman–Crippen LogP) is 3.75. The van der Waals surface area contributed by atoms with Crippen molar-refractivity contribution in [1.29, 1.82) is 0 Å². The van der Waals surface area contributed by atoms with Crippen molar-refractivity contribution in [1.82, 2.24) is 4.98 Å². The zero-order chi connectivity index (χ0) is 10.5. The summed E-state index contributed by atoms with van der Waals surface area (Å²) < 4.78 is 5.51. The topological polar surface area (TPSA) is 26.0 Å². The van der Waals surface area contributed by atoms with Crippen LogP contribution in [0.1, 0.15) is 56.9 Å². The minimum atomic E-state index is 0.849. The summed E-state index contributed by atoms with van der Waals surface area (Å²) in [6.45, 7) is 2.19. The molecular formula is C13H21NO. The molecule has 1 fully saturated rings. The lowest BCUT2D eigenvalue weighted by Crippen LogP contribution is -2.09. The van der Waals surface area contributed by atoms with Crippen LogP contribution < -0.4 is 0 Å². The summed E-state index contributed by atoms with van der Waals surface area (Å²) in [5.74, 6) is 2.01. The summed E-state index contributed by atoms with van der Waals surface area (Å²) >= 11 is 0. The van der Waals surface area contributed by atoms with Gasteiger partial charge in [0, 0.05) is 6.42 Å². The Kier molecular flexibility index (Phi) is 3.81. The zero-order valence-corrected chi connectivity index (χ0v) is 9.67. The smallest absolute Gasteiger partial charge is 0.181 e. The van der Waals surface area contributed by atoms with Gasteiger partial charge in [-0.3, -0.25) is 0 Å². The minimum absolute atomic E-state index is 0.849. The van der Waals surface area contributed by atoms with Gasteiger partial charge in [0.1, 0.15) is 5.76 Å². The second-order valence-corrected chi connectivity index (χ2v) is 4.68. The lowest BCUT2D eigenvalue weighted by Gasteiger charge is -2.20. The molecule has 15 heavy (non-hydrogen) atoms. The number of aryl methyl sites for hydroxylation is 1. The SMILES string of the molecule is CCCc1ncoc1CC1CCCCC1. The van der Waals surface area contributed by atoms with Crippen LogP contribution >= 0.6 is 0 Å². The molecule has 2 heteroatoms. The summed E-state index contributed by atoms with van der Waals surface area (Å²) in [5, 5.41) is 0. The van der Waals surface area contributed by atoms with E-state index in [1.165, 1.54) is 37.8 Å². The molecule has 2 rings (SSSR count). The molecule has 1 aliphatic carbocycles. The van der Waals surface area contributed by atoms with Gasteiger partial charge in [0.2, 0.25) is 0 Å². The fraction of sp³-hybridized carbons (Fsp3) is 0.769. The van der Waals surface area contributed by atoms with Crippen LogP contribution in [0.2, 0.25) is 0 Å². The molecule has 0 bridgehead atoms. The van der Waals surface area contributed by atoms with Crippen LogP contribution in [0.4, 0.5) is 0 Å². The molecule has 1 aromatic heterocycles. The van der Waals surface area contributed by atoms with E-state index < -0.39 is 0 Å². The summed E-state index contributed by atoms with van der Waals surface area (Å²) in [6, 6.07) is 0. The van der Waals surface area contributed by atoms with Crippen LogP contribution in [0.15, 0.2) is 10.8 Å². The van der Waals surface area contributed by atoms with E-state index in [0.29, 0.717) is 0 Å². The molecule has 0 unspecified atom stereocenters. The van der Waals surface area contributed by atoms with E-state index in [-0.39, 0.29) is 0 Å². The Morgan fingerprint density at radius 2 is 2.13 bits per heavy atom. The molecule has 0 saturated heterocycles. The van der Waals surface area contributed by atoms with Crippen LogP contribution in [-0.4, -0.2) is 4.98 Å². The van der Waals surface area contributed by atoms with Gasteiger partial charge < -0.3 is 4.42 Å². The van der Waals surface area contributed by atoms with Crippen LogP contribution in [0.3, 0.4) is 0 Å². The molecule has 0 spiro atoms. The molecule has 0 N–H and O–H groups in total. The number of nitrogens with zero attached hydrogens (tertiary/aromatic N) is 1. The van der Waals surface area contributed by atoms with E-state index in [0.717, 1.165) is 30.9 Å². The molecule has 0 atom stereocenters. The van der Waals surface area contributed by atoms with Crippen molar-refractivity contribution < 1.29 is 4.42 Å². The molecule has 1 aliphatic rings. The summed E-state index contributed by atoms with van der Waals surface area (Å²) in [7, 11) is 0. The van der Waals surface area contributed by atoms with Gasteiger partial charge in [0.15, 0.2) is 6.39 Å². The number of aromatic nitrogens is 1. The Bertz CT molecular complexity index is 286. The van der Waals surface area contributed by atoms with Gasteiger partial charge in [-0.05, 0) is 12.3 Å². The fourth-order valence-corrected chi connectivity index (χ4v) is 2.55. The van der Waals surface area contributed by atoms with Crippen molar-refractivity contribution >= 4 is 0 Å². The van der Waals surface area contributed by atoms with Gasteiger partial charge in [0.25, 0.3) is 0 Å². The van der Waals surface area contributed by atoms with E-state index in [2.05, 4.69) is 11.9 Å². The first-order chi connectivity index (χ1) is 7.40. The summed E-state index contributed by atoms with van der Waals surface area (Å²) in [4.78, 5) is 4.30. The maximum atomic E-state index is 5.51. The van der Waals surface area contributed by atoms with E-state index in [1.807, 2.05) is 0 Å². The van der Waals surface area contributed by atoms with Crippen LogP contribution in [0.5, 0.6) is 0 Å². The lowest BCUT2D eigenvalue weighted by molar-refractivity contribution is 0.332. The molecule has 0 amide bonds. The molecule has 1 aromatic rings. The Morgan fingerprint density at radius 3 is 2.87 bits per heavy atom. The molecule has 0 aromatic carbocycles. The van der Waals surface area contributed by atoms with Gasteiger partial charge >= 0.3 is 0 Å². The number of hydrogen-bond donors (Lipinski definition) is 0. The normalized spacial score (nSPS) is 18.2. The van der Waals surface area contributed by atoms with Crippen LogP contribution in [-0.2, 0) is 12.8 Å². The molecule has 1 saturated carbocycles. The van der Waals surface area contributed by atoms with Gasteiger partial charge in [-0.15, -0.1) is 0 Å². The van der Waals surface area contributed by atoms with E-state index >= 15 is 0 Å². The molecular weight excluding hydrogens is 186 g/mol. The van der Waals surface area contributed by atoms with Gasteiger partial charge in [-0.1, -0.05) is 45.4 Å². The third-order valence-corrected chi connectivity index (χ3v) is 3.41. The molecule has 84 valence electrons. The highest BCUT2D eigenvalue weighted by Crippen LogP contribution is 2.27. The van der Waals surface area contributed by atoms with Crippen LogP contribution in [0.25, 0.3) is 0 Å². The number of hydrogen-bond acceptors (Lipinski definition) is 2. The number of oxazole rings is 1. The van der Waals surface area contributed by atoms with Crippen molar-refractivity contribution in [2.24, 2.45) is 5.92 Å². The molecule has 1 heterocycles. The summed E-state index contributed by atoms with van der Waals surface area (Å²) in [6.07, 6.45) is 12.0. The van der Waals surface area contributed by atoms with E-state index in [1.54, 1.807) is 6.39 Å². The Hall–Kier alpha value is -0.790. The number of rotatable bonds is 4. The predicted molar refractivity (Wildman–Crippen MR) is 60.8 cm³/mol. The highest BCUT2D eigenvalue weighted by atomic mass is 16.3. The highest BCUT2D eigenvalue weighted by molar-refractivity contribution is 5.08. The lowest BCUT2D eigenvalue weighted by atomic mass is 9.86. The second-order valence-electron chi connectivity index (χ2n) is 4.68. The van der Waals surface area contributed by atoms with Gasteiger partial charge in [-0.25, -0.2) is 4.98 Å². The first kappa shape index (κ1) is 10.7. The van der Waals surface area contributed by atoms with Crippen molar-refractivity contribution in [2.75, 3.05) is 0 Å². The van der Waals surface area contributed by atoms with Gasteiger partial charge in [0.05, 0.1) is 5.69 Å².